The molecule has 5 nitrogen and oxygen atoms in total. The molecule has 0 unspecified atom stereocenters. The third-order valence-corrected chi connectivity index (χ3v) is 3.97. The summed E-state index contributed by atoms with van der Waals surface area (Å²) in [5, 5.41) is 10.7. The lowest BCUT2D eigenvalue weighted by molar-refractivity contribution is -0.117. The van der Waals surface area contributed by atoms with Crippen LogP contribution in [0.25, 0.3) is 11.3 Å². The minimum absolute atomic E-state index is 0.151. The van der Waals surface area contributed by atoms with Gasteiger partial charge in [0.05, 0.1) is 12.1 Å². The fourth-order valence-corrected chi connectivity index (χ4v) is 2.62. The van der Waals surface area contributed by atoms with E-state index in [0.717, 1.165) is 28.3 Å². The van der Waals surface area contributed by atoms with E-state index in [0.29, 0.717) is 12.5 Å². The van der Waals surface area contributed by atoms with Crippen LogP contribution in [0, 0.1) is 0 Å². The number of nitrogens with one attached hydrogen (secondary N) is 2. The Bertz CT molecular complexity index is 687. The molecule has 1 aromatic heterocycles. The van der Waals surface area contributed by atoms with E-state index in [2.05, 4.69) is 21.6 Å². The molecule has 1 aliphatic carbocycles. The molecule has 1 aromatic carbocycles. The molecule has 2 aliphatic rings. The molecule has 2 N–H and O–H groups in total. The van der Waals surface area contributed by atoms with E-state index < -0.39 is 0 Å². The van der Waals surface area contributed by atoms with Crippen molar-refractivity contribution in [1.29, 1.82) is 0 Å². The van der Waals surface area contributed by atoms with Crippen molar-refractivity contribution >= 4 is 17.4 Å². The molecule has 1 saturated carbocycles. The maximum absolute atomic E-state index is 11.7. The average molecular weight is 268 g/mol. The van der Waals surface area contributed by atoms with Gasteiger partial charge in [-0.15, -0.1) is 0 Å². The summed E-state index contributed by atoms with van der Waals surface area (Å²) in [7, 11) is 1.82. The number of aromatic nitrogens is 2. The van der Waals surface area contributed by atoms with Crippen LogP contribution in [-0.4, -0.2) is 29.2 Å². The first-order valence-electron chi connectivity index (χ1n) is 6.92. The molecule has 2 heterocycles. The van der Waals surface area contributed by atoms with Gasteiger partial charge >= 0.3 is 0 Å². The number of H-pyrrole nitrogens is 1. The maximum atomic E-state index is 11.7. The minimum Gasteiger partial charge on any atom is -0.366 e. The molecule has 0 atom stereocenters. The molecule has 1 aliphatic heterocycles. The van der Waals surface area contributed by atoms with Gasteiger partial charge in [-0.3, -0.25) is 9.89 Å². The second-order valence-electron chi connectivity index (χ2n) is 5.56. The van der Waals surface area contributed by atoms with Gasteiger partial charge in [0.1, 0.15) is 5.82 Å². The third-order valence-electron chi connectivity index (χ3n) is 3.97. The molecule has 2 aromatic rings. The number of carbonyl (C=O) groups is 1. The number of fused-ring (bicyclic) bond motifs is 1. The molecule has 1 fully saturated rings. The highest BCUT2D eigenvalue weighted by molar-refractivity contribution is 6.01. The number of carbonyl (C=O) groups excluding carboxylic acids is 1. The summed E-state index contributed by atoms with van der Waals surface area (Å²) in [6.45, 7) is 0. The first kappa shape index (κ1) is 11.5. The third kappa shape index (κ3) is 1.86. The zero-order chi connectivity index (χ0) is 13.7. The van der Waals surface area contributed by atoms with Gasteiger partial charge in [-0.1, -0.05) is 6.07 Å². The molecule has 4 rings (SSSR count). The van der Waals surface area contributed by atoms with Crippen molar-refractivity contribution in [2.45, 2.75) is 25.3 Å². The molecule has 0 saturated heterocycles. The van der Waals surface area contributed by atoms with Gasteiger partial charge < -0.3 is 10.2 Å². The van der Waals surface area contributed by atoms with Crippen LogP contribution in [0.4, 0.5) is 11.5 Å². The quantitative estimate of drug-likeness (QED) is 0.897. The first-order chi connectivity index (χ1) is 9.70. The SMILES string of the molecule is CN1C(=O)Cc2cc(-c3cc(NC4CC4)n[nH]3)ccc21. The summed E-state index contributed by atoms with van der Waals surface area (Å²) in [5.41, 5.74) is 4.15. The average Bonchev–Trinajstić information content (AvgIpc) is 3.05. The second kappa shape index (κ2) is 4.10. The second-order valence-corrected chi connectivity index (χ2v) is 5.56. The Hall–Kier alpha value is -2.30. The summed E-state index contributed by atoms with van der Waals surface area (Å²) in [6, 6.07) is 8.73. The van der Waals surface area contributed by atoms with E-state index in [-0.39, 0.29) is 5.91 Å². The van der Waals surface area contributed by atoms with Crippen LogP contribution in [-0.2, 0) is 11.2 Å². The van der Waals surface area contributed by atoms with E-state index in [1.165, 1.54) is 12.8 Å². The van der Waals surface area contributed by atoms with Crippen LogP contribution in [0.5, 0.6) is 0 Å². The van der Waals surface area contributed by atoms with Crippen molar-refractivity contribution in [3.05, 3.63) is 29.8 Å². The van der Waals surface area contributed by atoms with Gasteiger partial charge in [0, 0.05) is 30.4 Å². The lowest BCUT2D eigenvalue weighted by atomic mass is 10.1. The smallest absolute Gasteiger partial charge is 0.231 e. The fraction of sp³-hybridized carbons (Fsp3) is 0.333. The topological polar surface area (TPSA) is 61.0 Å². The van der Waals surface area contributed by atoms with Gasteiger partial charge in [-0.2, -0.15) is 5.10 Å². The molecule has 0 bridgehead atoms. The monoisotopic (exact) mass is 268 g/mol. The number of hydrogen-bond acceptors (Lipinski definition) is 3. The number of hydrogen-bond donors (Lipinski definition) is 2. The van der Waals surface area contributed by atoms with Crippen molar-refractivity contribution < 1.29 is 4.79 Å². The largest absolute Gasteiger partial charge is 0.366 e. The number of benzene rings is 1. The van der Waals surface area contributed by atoms with Crippen molar-refractivity contribution in [3.8, 4) is 11.3 Å². The van der Waals surface area contributed by atoms with E-state index in [1.807, 2.05) is 25.2 Å². The van der Waals surface area contributed by atoms with Crippen LogP contribution in [0.1, 0.15) is 18.4 Å². The van der Waals surface area contributed by atoms with Crippen LogP contribution >= 0.6 is 0 Å². The molecule has 102 valence electrons. The summed E-state index contributed by atoms with van der Waals surface area (Å²) in [5.74, 6) is 1.05. The van der Waals surface area contributed by atoms with E-state index in [4.69, 9.17) is 0 Å². The molecule has 0 spiro atoms. The normalized spacial score (nSPS) is 17.4. The van der Waals surface area contributed by atoms with Crippen molar-refractivity contribution in [2.75, 3.05) is 17.3 Å². The Kier molecular flexibility index (Phi) is 2.36. The van der Waals surface area contributed by atoms with Crippen molar-refractivity contribution in [3.63, 3.8) is 0 Å². The van der Waals surface area contributed by atoms with Crippen LogP contribution in [0.2, 0.25) is 0 Å². The Morgan fingerprint density at radius 3 is 3.00 bits per heavy atom. The van der Waals surface area contributed by atoms with Crippen molar-refractivity contribution in [1.82, 2.24) is 10.2 Å². The van der Waals surface area contributed by atoms with Crippen LogP contribution in [0.3, 0.4) is 0 Å². The molecule has 5 heteroatoms. The van der Waals surface area contributed by atoms with E-state index in [9.17, 15) is 4.79 Å². The van der Waals surface area contributed by atoms with E-state index in [1.54, 1.807) is 4.90 Å². The first-order valence-corrected chi connectivity index (χ1v) is 6.92. The molecule has 1 amide bonds. The Labute approximate surface area is 117 Å². The molecular formula is C15H16N4O. The van der Waals surface area contributed by atoms with Crippen LogP contribution in [0.15, 0.2) is 24.3 Å². The summed E-state index contributed by atoms with van der Waals surface area (Å²) >= 11 is 0. The molecule has 20 heavy (non-hydrogen) atoms. The number of amides is 1. The highest BCUT2D eigenvalue weighted by Gasteiger charge is 2.25. The predicted molar refractivity (Wildman–Crippen MR) is 77.8 cm³/mol. The predicted octanol–water partition coefficient (Wildman–Crippen LogP) is 2.17. The minimum atomic E-state index is 0.151. The van der Waals surface area contributed by atoms with Gasteiger partial charge in [0.2, 0.25) is 5.91 Å². The maximum Gasteiger partial charge on any atom is 0.231 e. The highest BCUT2D eigenvalue weighted by Crippen LogP contribution is 2.32. The van der Waals surface area contributed by atoms with Gasteiger partial charge in [0.15, 0.2) is 0 Å². The Morgan fingerprint density at radius 2 is 2.20 bits per heavy atom. The van der Waals surface area contributed by atoms with E-state index >= 15 is 0 Å². The standard InChI is InChI=1S/C15H16N4O/c1-19-13-5-2-9(6-10(13)7-15(19)20)12-8-14(18-17-12)16-11-3-4-11/h2,5-6,8,11H,3-4,7H2,1H3,(H2,16,17,18). The zero-order valence-electron chi connectivity index (χ0n) is 11.3. The van der Waals surface area contributed by atoms with Crippen molar-refractivity contribution in [2.24, 2.45) is 0 Å². The fourth-order valence-electron chi connectivity index (χ4n) is 2.62. The Morgan fingerprint density at radius 1 is 1.35 bits per heavy atom. The summed E-state index contributed by atoms with van der Waals surface area (Å²) in [4.78, 5) is 13.4. The molecule has 0 radical (unpaired) electrons. The van der Waals surface area contributed by atoms with Gasteiger partial charge in [0.25, 0.3) is 0 Å². The highest BCUT2D eigenvalue weighted by atomic mass is 16.2. The summed E-state index contributed by atoms with van der Waals surface area (Å²) < 4.78 is 0. The summed E-state index contributed by atoms with van der Waals surface area (Å²) in [6.07, 6.45) is 2.95. The Balaban J connectivity index is 1.64. The lowest BCUT2D eigenvalue weighted by Crippen LogP contribution is -2.20. The van der Waals surface area contributed by atoms with Gasteiger partial charge in [-0.25, -0.2) is 0 Å². The van der Waals surface area contributed by atoms with Crippen LogP contribution < -0.4 is 10.2 Å². The number of nitrogens with zero attached hydrogens (tertiary/aromatic N) is 2. The lowest BCUT2D eigenvalue weighted by Gasteiger charge is -2.09. The number of aromatic amines is 1. The number of anilines is 2. The zero-order valence-corrected chi connectivity index (χ0v) is 11.3. The number of rotatable bonds is 3. The number of likely N-dealkylation sites (N-methyl/N-ethyl adjacent to an activating group) is 1. The molecular weight excluding hydrogens is 252 g/mol. The van der Waals surface area contributed by atoms with Gasteiger partial charge in [-0.05, 0) is 30.5 Å².